The molecule has 0 radical (unpaired) electrons. The van der Waals surface area contributed by atoms with Gasteiger partial charge in [0.1, 0.15) is 0 Å². The molecule has 2 N–H and O–H groups in total. The van der Waals surface area contributed by atoms with Gasteiger partial charge in [0.05, 0.1) is 5.69 Å². The molecule has 0 spiro atoms. The van der Waals surface area contributed by atoms with Crippen LogP contribution in [0.15, 0.2) is 24.3 Å². The predicted octanol–water partition coefficient (Wildman–Crippen LogP) is 5.33. The van der Waals surface area contributed by atoms with Crippen LogP contribution in [0.1, 0.15) is 5.56 Å². The van der Waals surface area contributed by atoms with Gasteiger partial charge in [-0.3, -0.25) is 9.36 Å². The first-order valence-electron chi connectivity index (χ1n) is 5.92. The SMILES string of the molecule is O=C(SCc1cc(O)n(-c2cc(Cl)cc(Cl)c2)c1O)C(Cl)(Cl)Cl. The number of aromatic hydroxyl groups is 2. The standard InChI is InChI=1S/C13H8Cl5NO3S/c14-7-2-8(15)4-9(3-7)19-10(20)1-6(11(19)21)5-23-12(22)13(16,17)18/h1-4,20-21H,5H2. The highest BCUT2D eigenvalue weighted by Gasteiger charge is 2.31. The van der Waals surface area contributed by atoms with Crippen molar-refractivity contribution in [2.75, 3.05) is 0 Å². The maximum atomic E-state index is 11.6. The number of carbonyl (C=O) groups excluding carboxylic acids is 1. The molecule has 0 aliphatic heterocycles. The van der Waals surface area contributed by atoms with Crippen LogP contribution >= 0.6 is 69.8 Å². The van der Waals surface area contributed by atoms with Crippen LogP contribution in [0.5, 0.6) is 11.8 Å². The van der Waals surface area contributed by atoms with Gasteiger partial charge in [0.2, 0.25) is 11.0 Å². The van der Waals surface area contributed by atoms with Gasteiger partial charge < -0.3 is 10.2 Å². The molecule has 0 unspecified atom stereocenters. The molecule has 0 amide bonds. The Balaban J connectivity index is 2.31. The second-order valence-electron chi connectivity index (χ2n) is 4.39. The van der Waals surface area contributed by atoms with Crippen molar-refractivity contribution in [1.29, 1.82) is 0 Å². The lowest BCUT2D eigenvalue weighted by atomic mass is 10.3. The molecule has 0 fully saturated rings. The number of hydrogen-bond acceptors (Lipinski definition) is 4. The molecule has 2 rings (SSSR count). The van der Waals surface area contributed by atoms with Gasteiger partial charge in [0.25, 0.3) is 3.79 Å². The largest absolute Gasteiger partial charge is 0.494 e. The molecule has 0 bridgehead atoms. The average Bonchev–Trinajstić information content (AvgIpc) is 2.68. The minimum Gasteiger partial charge on any atom is -0.494 e. The van der Waals surface area contributed by atoms with Gasteiger partial charge in [0.15, 0.2) is 5.88 Å². The number of nitrogens with zero attached hydrogens (tertiary/aromatic N) is 1. The van der Waals surface area contributed by atoms with Crippen molar-refractivity contribution in [1.82, 2.24) is 4.57 Å². The molecule has 0 atom stereocenters. The average molecular weight is 436 g/mol. The van der Waals surface area contributed by atoms with Crippen molar-refractivity contribution in [2.45, 2.75) is 9.55 Å². The van der Waals surface area contributed by atoms with Gasteiger partial charge >= 0.3 is 0 Å². The van der Waals surface area contributed by atoms with Gasteiger partial charge in [-0.05, 0) is 18.2 Å². The third-order valence-electron chi connectivity index (χ3n) is 2.73. The van der Waals surface area contributed by atoms with Crippen LogP contribution in [0, 0.1) is 0 Å². The number of aromatic nitrogens is 1. The Bertz CT molecular complexity index is 737. The zero-order valence-corrected chi connectivity index (χ0v) is 15.7. The second-order valence-corrected chi connectivity index (χ2v) is 8.49. The van der Waals surface area contributed by atoms with Crippen LogP contribution < -0.4 is 0 Å². The zero-order chi connectivity index (χ0) is 17.4. The summed E-state index contributed by atoms with van der Waals surface area (Å²) < 4.78 is -0.918. The summed E-state index contributed by atoms with van der Waals surface area (Å²) in [4.78, 5) is 11.6. The molecule has 10 heteroatoms. The first-order valence-corrected chi connectivity index (χ1v) is 8.80. The molecule has 0 saturated carbocycles. The highest BCUT2D eigenvalue weighted by molar-refractivity contribution is 8.13. The quantitative estimate of drug-likeness (QED) is 0.640. The van der Waals surface area contributed by atoms with E-state index in [9.17, 15) is 15.0 Å². The maximum Gasteiger partial charge on any atom is 0.259 e. The summed E-state index contributed by atoms with van der Waals surface area (Å²) in [6, 6.07) is 5.83. The monoisotopic (exact) mass is 433 g/mol. The molecule has 23 heavy (non-hydrogen) atoms. The van der Waals surface area contributed by atoms with Crippen molar-refractivity contribution < 1.29 is 15.0 Å². The number of carbonyl (C=O) groups is 1. The van der Waals surface area contributed by atoms with E-state index in [0.29, 0.717) is 27.5 Å². The van der Waals surface area contributed by atoms with Gasteiger partial charge in [-0.1, -0.05) is 69.8 Å². The lowest BCUT2D eigenvalue weighted by Crippen LogP contribution is -2.14. The highest BCUT2D eigenvalue weighted by Crippen LogP contribution is 2.38. The predicted molar refractivity (Wildman–Crippen MR) is 95.7 cm³/mol. The first kappa shape index (κ1) is 18.9. The van der Waals surface area contributed by atoms with Gasteiger partial charge in [-0.15, -0.1) is 0 Å². The van der Waals surface area contributed by atoms with E-state index in [1.54, 1.807) is 0 Å². The first-order chi connectivity index (χ1) is 10.6. The van der Waals surface area contributed by atoms with Crippen LogP contribution in [0.3, 0.4) is 0 Å². The molecule has 0 aliphatic carbocycles. The maximum absolute atomic E-state index is 11.6. The van der Waals surface area contributed by atoms with Crippen molar-refractivity contribution in [3.05, 3.63) is 39.9 Å². The summed E-state index contributed by atoms with van der Waals surface area (Å²) in [5, 5.41) is 20.2. The molecule has 1 aromatic heterocycles. The fourth-order valence-corrected chi connectivity index (χ4v) is 3.46. The lowest BCUT2D eigenvalue weighted by Gasteiger charge is -2.09. The van der Waals surface area contributed by atoms with Crippen LogP contribution in [0.2, 0.25) is 10.0 Å². The Morgan fingerprint density at radius 2 is 1.65 bits per heavy atom. The third kappa shape index (κ3) is 4.56. The normalized spacial score (nSPS) is 11.7. The third-order valence-corrected chi connectivity index (χ3v) is 5.04. The van der Waals surface area contributed by atoms with E-state index in [-0.39, 0.29) is 23.1 Å². The number of hydrogen-bond donors (Lipinski definition) is 2. The van der Waals surface area contributed by atoms with Crippen molar-refractivity contribution in [3.8, 4) is 17.4 Å². The minimum atomic E-state index is -2.05. The Morgan fingerprint density at radius 1 is 1.09 bits per heavy atom. The molecule has 0 aliphatic rings. The van der Waals surface area contributed by atoms with E-state index in [1.807, 2.05) is 0 Å². The van der Waals surface area contributed by atoms with Gasteiger partial charge in [0, 0.05) is 27.4 Å². The number of rotatable bonds is 3. The van der Waals surface area contributed by atoms with E-state index < -0.39 is 8.91 Å². The second kappa shape index (κ2) is 7.21. The van der Waals surface area contributed by atoms with Crippen molar-refractivity contribution >= 4 is 74.9 Å². The Kier molecular flexibility index (Phi) is 5.93. The summed E-state index contributed by atoms with van der Waals surface area (Å²) in [5.74, 6) is -0.517. The number of thioether (sulfide) groups is 1. The Hall–Kier alpha value is -0.430. The molecular formula is C13H8Cl5NO3S. The molecule has 0 saturated heterocycles. The van der Waals surface area contributed by atoms with E-state index in [0.717, 1.165) is 4.57 Å². The highest BCUT2D eigenvalue weighted by atomic mass is 35.6. The summed E-state index contributed by atoms with van der Waals surface area (Å²) in [7, 11) is 0. The van der Waals surface area contributed by atoms with Crippen LogP contribution in [0.25, 0.3) is 5.69 Å². The van der Waals surface area contributed by atoms with E-state index in [1.165, 1.54) is 24.3 Å². The summed E-state index contributed by atoms with van der Waals surface area (Å²) >= 11 is 28.9. The fraction of sp³-hybridized carbons (Fsp3) is 0.154. The van der Waals surface area contributed by atoms with E-state index in [4.69, 9.17) is 58.0 Å². The van der Waals surface area contributed by atoms with Crippen LogP contribution in [-0.4, -0.2) is 23.7 Å². The molecule has 2 aromatic rings. The smallest absolute Gasteiger partial charge is 0.259 e. The molecule has 1 heterocycles. The molecular weight excluding hydrogens is 427 g/mol. The topological polar surface area (TPSA) is 62.5 Å². The van der Waals surface area contributed by atoms with Crippen LogP contribution in [-0.2, 0) is 10.5 Å². The summed E-state index contributed by atoms with van der Waals surface area (Å²) in [6.07, 6.45) is 0. The molecule has 4 nitrogen and oxygen atoms in total. The molecule has 1 aromatic carbocycles. The Labute approximate surface area is 160 Å². The minimum absolute atomic E-state index is 0.00738. The van der Waals surface area contributed by atoms with Gasteiger partial charge in [-0.25, -0.2) is 0 Å². The van der Waals surface area contributed by atoms with E-state index in [2.05, 4.69) is 0 Å². The van der Waals surface area contributed by atoms with E-state index >= 15 is 0 Å². The number of benzene rings is 1. The summed E-state index contributed by atoms with van der Waals surface area (Å²) in [5.41, 5.74) is 0.646. The lowest BCUT2D eigenvalue weighted by molar-refractivity contribution is -0.110. The van der Waals surface area contributed by atoms with Crippen molar-refractivity contribution in [2.24, 2.45) is 0 Å². The fourth-order valence-electron chi connectivity index (χ4n) is 1.79. The molecule has 124 valence electrons. The number of alkyl halides is 3. The summed E-state index contributed by atoms with van der Waals surface area (Å²) in [6.45, 7) is 0. The Morgan fingerprint density at radius 3 is 2.17 bits per heavy atom. The zero-order valence-electron chi connectivity index (χ0n) is 11.1. The number of halogens is 5. The van der Waals surface area contributed by atoms with Gasteiger partial charge in [-0.2, -0.15) is 0 Å². The van der Waals surface area contributed by atoms with Crippen molar-refractivity contribution in [3.63, 3.8) is 0 Å². The van der Waals surface area contributed by atoms with Crippen LogP contribution in [0.4, 0.5) is 0 Å².